The van der Waals surface area contributed by atoms with Gasteiger partial charge < -0.3 is 8.94 Å². The van der Waals surface area contributed by atoms with Gasteiger partial charge in [0.15, 0.2) is 0 Å². The van der Waals surface area contributed by atoms with Crippen molar-refractivity contribution in [1.82, 2.24) is 35.1 Å². The Kier molecular flexibility index (Phi) is 5.05. The number of thioether (sulfide) groups is 1. The van der Waals surface area contributed by atoms with E-state index in [1.807, 2.05) is 0 Å². The van der Waals surface area contributed by atoms with Crippen LogP contribution < -0.4 is 0 Å². The molecule has 0 spiro atoms. The molecule has 4 aromatic rings. The van der Waals surface area contributed by atoms with E-state index in [4.69, 9.17) is 8.94 Å². The Morgan fingerprint density at radius 2 is 2.10 bits per heavy atom. The number of alkyl halides is 3. The summed E-state index contributed by atoms with van der Waals surface area (Å²) in [4.78, 5) is 8.02. The van der Waals surface area contributed by atoms with Crippen molar-refractivity contribution in [3.63, 3.8) is 0 Å². The average Bonchev–Trinajstić information content (AvgIpc) is 3.43. The molecule has 3 aromatic heterocycles. The molecule has 150 valence electrons. The second-order valence-electron chi connectivity index (χ2n) is 5.85. The number of halogens is 3. The standard InChI is InChI=1S/C16H12F3N7O2S/c1-9(29-15-24-23-12(27-15)6-26-8-20-7-21-26)14-22-13(25-28-14)10-3-2-4-11(5-10)16(17,18)19/h2-5,7-9H,6H2,1H3. The third kappa shape index (κ3) is 4.45. The fourth-order valence-corrected chi connectivity index (χ4v) is 3.09. The van der Waals surface area contributed by atoms with Crippen molar-refractivity contribution in [2.24, 2.45) is 0 Å². The molecule has 0 aliphatic carbocycles. The molecule has 4 rings (SSSR count). The van der Waals surface area contributed by atoms with Gasteiger partial charge in [0.1, 0.15) is 19.2 Å². The highest BCUT2D eigenvalue weighted by atomic mass is 32.2. The van der Waals surface area contributed by atoms with Crippen LogP contribution in [0.15, 0.2) is 51.1 Å². The van der Waals surface area contributed by atoms with Crippen molar-refractivity contribution in [3.05, 3.63) is 54.3 Å². The fraction of sp³-hybridized carbons (Fsp3) is 0.250. The SMILES string of the molecule is CC(Sc1nnc(Cn2cncn2)o1)c1nc(-c2cccc(C(F)(F)F)c2)no1. The molecule has 1 aromatic carbocycles. The number of nitrogens with zero attached hydrogens (tertiary/aromatic N) is 7. The van der Waals surface area contributed by atoms with Crippen LogP contribution in [0.2, 0.25) is 0 Å². The molecule has 0 radical (unpaired) electrons. The highest BCUT2D eigenvalue weighted by Crippen LogP contribution is 2.35. The van der Waals surface area contributed by atoms with E-state index < -0.39 is 11.7 Å². The van der Waals surface area contributed by atoms with Crippen LogP contribution in [0.1, 0.15) is 29.5 Å². The summed E-state index contributed by atoms with van der Waals surface area (Å²) in [7, 11) is 0. The van der Waals surface area contributed by atoms with Crippen molar-refractivity contribution in [1.29, 1.82) is 0 Å². The molecule has 1 atom stereocenters. The molecule has 0 aliphatic heterocycles. The molecule has 29 heavy (non-hydrogen) atoms. The second kappa shape index (κ2) is 7.66. The number of hydrogen-bond donors (Lipinski definition) is 0. The molecule has 0 bridgehead atoms. The minimum absolute atomic E-state index is 0.0657. The van der Waals surface area contributed by atoms with Crippen molar-refractivity contribution in [3.8, 4) is 11.4 Å². The topological polar surface area (TPSA) is 109 Å². The summed E-state index contributed by atoms with van der Waals surface area (Å²) in [5, 5.41) is 15.5. The van der Waals surface area contributed by atoms with Crippen molar-refractivity contribution < 1.29 is 22.1 Å². The van der Waals surface area contributed by atoms with Gasteiger partial charge in [0, 0.05) is 5.56 Å². The Morgan fingerprint density at radius 3 is 2.86 bits per heavy atom. The van der Waals surface area contributed by atoms with Gasteiger partial charge in [0.2, 0.25) is 17.6 Å². The zero-order chi connectivity index (χ0) is 20.4. The lowest BCUT2D eigenvalue weighted by Crippen LogP contribution is -2.04. The molecule has 0 fully saturated rings. The van der Waals surface area contributed by atoms with Crippen LogP contribution in [0.5, 0.6) is 0 Å². The molecule has 0 N–H and O–H groups in total. The lowest BCUT2D eigenvalue weighted by atomic mass is 10.1. The smallest absolute Gasteiger partial charge is 0.414 e. The fourth-order valence-electron chi connectivity index (χ4n) is 2.36. The van der Waals surface area contributed by atoms with Crippen molar-refractivity contribution in [2.45, 2.75) is 30.1 Å². The number of rotatable bonds is 6. The Labute approximate surface area is 165 Å². The van der Waals surface area contributed by atoms with Crippen LogP contribution in [0.25, 0.3) is 11.4 Å². The normalized spacial score (nSPS) is 13.0. The maximum Gasteiger partial charge on any atom is 0.416 e. The van der Waals surface area contributed by atoms with Crippen LogP contribution >= 0.6 is 11.8 Å². The zero-order valence-corrected chi connectivity index (χ0v) is 15.6. The first kappa shape index (κ1) is 19.1. The summed E-state index contributed by atoms with van der Waals surface area (Å²) >= 11 is 1.18. The van der Waals surface area contributed by atoms with E-state index >= 15 is 0 Å². The minimum atomic E-state index is -4.45. The van der Waals surface area contributed by atoms with Crippen LogP contribution in [0.3, 0.4) is 0 Å². The number of hydrogen-bond acceptors (Lipinski definition) is 9. The first-order valence-electron chi connectivity index (χ1n) is 8.21. The van der Waals surface area contributed by atoms with Gasteiger partial charge in [0.25, 0.3) is 5.22 Å². The van der Waals surface area contributed by atoms with E-state index in [1.165, 1.54) is 41.2 Å². The maximum absolute atomic E-state index is 12.9. The maximum atomic E-state index is 12.9. The second-order valence-corrected chi connectivity index (χ2v) is 7.14. The summed E-state index contributed by atoms with van der Waals surface area (Å²) < 4.78 is 50.9. The summed E-state index contributed by atoms with van der Waals surface area (Å²) in [6.45, 7) is 2.05. The minimum Gasteiger partial charge on any atom is -0.414 e. The average molecular weight is 423 g/mol. The summed E-state index contributed by atoms with van der Waals surface area (Å²) in [6, 6.07) is 4.73. The number of aromatic nitrogens is 7. The third-order valence-corrected chi connectivity index (χ3v) is 4.65. The molecule has 3 heterocycles. The van der Waals surface area contributed by atoms with Crippen molar-refractivity contribution >= 4 is 11.8 Å². The predicted octanol–water partition coefficient (Wildman–Crippen LogP) is 3.63. The van der Waals surface area contributed by atoms with Gasteiger partial charge in [-0.1, -0.05) is 29.1 Å². The van der Waals surface area contributed by atoms with Crippen LogP contribution in [-0.4, -0.2) is 35.1 Å². The Bertz CT molecular complexity index is 1090. The van der Waals surface area contributed by atoms with Gasteiger partial charge in [-0.2, -0.15) is 23.3 Å². The van der Waals surface area contributed by atoms with Crippen LogP contribution in [0.4, 0.5) is 13.2 Å². The van der Waals surface area contributed by atoms with Gasteiger partial charge >= 0.3 is 6.18 Å². The lowest BCUT2D eigenvalue weighted by Gasteiger charge is -2.06. The zero-order valence-electron chi connectivity index (χ0n) is 14.7. The van der Waals surface area contributed by atoms with E-state index in [0.29, 0.717) is 5.89 Å². The molecule has 9 nitrogen and oxygen atoms in total. The van der Waals surface area contributed by atoms with Crippen molar-refractivity contribution in [2.75, 3.05) is 0 Å². The van der Waals surface area contributed by atoms with Gasteiger partial charge in [-0.05, 0) is 19.1 Å². The molecule has 0 aliphatic rings. The van der Waals surface area contributed by atoms with Gasteiger partial charge in [-0.25, -0.2) is 9.67 Å². The highest BCUT2D eigenvalue weighted by molar-refractivity contribution is 7.99. The molecule has 13 heteroatoms. The Balaban J connectivity index is 1.45. The van der Waals surface area contributed by atoms with E-state index in [9.17, 15) is 13.2 Å². The molecule has 1 unspecified atom stereocenters. The highest BCUT2D eigenvalue weighted by Gasteiger charge is 2.31. The van der Waals surface area contributed by atoms with E-state index in [2.05, 4.69) is 30.4 Å². The van der Waals surface area contributed by atoms with Gasteiger partial charge in [-0.15, -0.1) is 10.2 Å². The van der Waals surface area contributed by atoms with Crippen LogP contribution in [-0.2, 0) is 12.7 Å². The van der Waals surface area contributed by atoms with Gasteiger partial charge in [0.05, 0.1) is 10.8 Å². The predicted molar refractivity (Wildman–Crippen MR) is 92.4 cm³/mol. The lowest BCUT2D eigenvalue weighted by molar-refractivity contribution is -0.137. The molecular formula is C16H12F3N7O2S. The summed E-state index contributed by atoms with van der Waals surface area (Å²) in [5.74, 6) is 0.634. The van der Waals surface area contributed by atoms with E-state index in [1.54, 1.807) is 6.92 Å². The molecule has 0 saturated heterocycles. The Hall–Kier alpha value is -3.22. The van der Waals surface area contributed by atoms with Crippen LogP contribution in [0, 0.1) is 0 Å². The van der Waals surface area contributed by atoms with Gasteiger partial charge in [-0.3, -0.25) is 0 Å². The third-order valence-electron chi connectivity index (χ3n) is 3.73. The number of benzene rings is 1. The largest absolute Gasteiger partial charge is 0.416 e. The van der Waals surface area contributed by atoms with E-state index in [-0.39, 0.29) is 34.3 Å². The first-order chi connectivity index (χ1) is 13.9. The quantitative estimate of drug-likeness (QED) is 0.429. The molecule has 0 amide bonds. The van der Waals surface area contributed by atoms with E-state index in [0.717, 1.165) is 12.1 Å². The summed E-state index contributed by atoms with van der Waals surface area (Å²) in [6.07, 6.45) is -1.54. The monoisotopic (exact) mass is 423 g/mol. The summed E-state index contributed by atoms with van der Waals surface area (Å²) in [5.41, 5.74) is -0.575. The first-order valence-corrected chi connectivity index (χ1v) is 9.09. The molecular weight excluding hydrogens is 411 g/mol. The molecule has 0 saturated carbocycles. The Morgan fingerprint density at radius 1 is 1.24 bits per heavy atom.